The van der Waals surface area contributed by atoms with E-state index in [4.69, 9.17) is 14.2 Å². The summed E-state index contributed by atoms with van der Waals surface area (Å²) in [7, 11) is 4.39. The van der Waals surface area contributed by atoms with E-state index >= 15 is 0 Å². The molecular weight excluding hydrogens is 290 g/mol. The quantitative estimate of drug-likeness (QED) is 0.885. The van der Waals surface area contributed by atoms with Gasteiger partial charge < -0.3 is 24.2 Å². The monoisotopic (exact) mass is 309 g/mol. The third kappa shape index (κ3) is 2.79. The molecule has 22 heavy (non-hydrogen) atoms. The fraction of sp³-hybridized carbons (Fsp3) is 0.467. The van der Waals surface area contributed by atoms with Crippen LogP contribution < -0.4 is 14.2 Å². The molecule has 1 aromatic rings. The number of carboxylic acid groups (broad SMARTS) is 1. The Morgan fingerprint density at radius 2 is 1.73 bits per heavy atom. The van der Waals surface area contributed by atoms with E-state index in [-0.39, 0.29) is 5.91 Å². The summed E-state index contributed by atoms with van der Waals surface area (Å²) in [6, 6.07) is 2.27. The normalized spacial score (nSPS) is 17.2. The van der Waals surface area contributed by atoms with Gasteiger partial charge in [0.25, 0.3) is 5.91 Å². The second-order valence-electron chi connectivity index (χ2n) is 4.91. The molecule has 0 radical (unpaired) electrons. The maximum Gasteiger partial charge on any atom is 0.326 e. The Morgan fingerprint density at radius 1 is 1.14 bits per heavy atom. The number of hydrogen-bond donors (Lipinski definition) is 1. The molecule has 0 saturated carbocycles. The fourth-order valence-electron chi connectivity index (χ4n) is 2.64. The number of methoxy groups -OCH3 is 3. The molecule has 2 rings (SSSR count). The van der Waals surface area contributed by atoms with Gasteiger partial charge in [0.2, 0.25) is 5.75 Å². The number of hydrogen-bond acceptors (Lipinski definition) is 5. The molecule has 0 unspecified atom stereocenters. The predicted molar refractivity (Wildman–Crippen MR) is 77.8 cm³/mol. The van der Waals surface area contributed by atoms with Crippen LogP contribution in [0.2, 0.25) is 0 Å². The van der Waals surface area contributed by atoms with Gasteiger partial charge in [0.05, 0.1) is 21.3 Å². The van der Waals surface area contributed by atoms with Crippen LogP contribution in [-0.2, 0) is 4.79 Å². The van der Waals surface area contributed by atoms with Crippen molar-refractivity contribution in [1.82, 2.24) is 4.90 Å². The molecule has 1 saturated heterocycles. The highest BCUT2D eigenvalue weighted by Gasteiger charge is 2.35. The summed E-state index contributed by atoms with van der Waals surface area (Å²) < 4.78 is 15.6. The summed E-state index contributed by atoms with van der Waals surface area (Å²) in [6.45, 7) is 0.423. The summed E-state index contributed by atoms with van der Waals surface area (Å²) in [4.78, 5) is 25.2. The van der Waals surface area contributed by atoms with Crippen molar-refractivity contribution in [3.63, 3.8) is 0 Å². The Morgan fingerprint density at radius 3 is 2.18 bits per heavy atom. The zero-order chi connectivity index (χ0) is 16.3. The van der Waals surface area contributed by atoms with E-state index in [0.29, 0.717) is 42.2 Å². The van der Waals surface area contributed by atoms with Gasteiger partial charge >= 0.3 is 5.97 Å². The van der Waals surface area contributed by atoms with Gasteiger partial charge in [-0.2, -0.15) is 0 Å². The molecule has 1 aliphatic heterocycles. The first-order chi connectivity index (χ1) is 10.5. The van der Waals surface area contributed by atoms with Crippen molar-refractivity contribution in [2.75, 3.05) is 27.9 Å². The number of carbonyl (C=O) groups is 2. The fourth-order valence-corrected chi connectivity index (χ4v) is 2.64. The number of amides is 1. The smallest absolute Gasteiger partial charge is 0.326 e. The van der Waals surface area contributed by atoms with Crippen molar-refractivity contribution in [2.24, 2.45) is 0 Å². The molecule has 1 heterocycles. The molecule has 7 nitrogen and oxygen atoms in total. The molecule has 1 N–H and O–H groups in total. The van der Waals surface area contributed by atoms with Gasteiger partial charge in [-0.1, -0.05) is 0 Å². The van der Waals surface area contributed by atoms with Crippen LogP contribution in [0.25, 0.3) is 0 Å². The molecule has 1 aliphatic rings. The first-order valence-electron chi connectivity index (χ1n) is 6.87. The van der Waals surface area contributed by atoms with Gasteiger partial charge in [-0.15, -0.1) is 0 Å². The van der Waals surface area contributed by atoms with E-state index in [0.717, 1.165) is 0 Å². The molecule has 1 fully saturated rings. The lowest BCUT2D eigenvalue weighted by Gasteiger charge is -2.22. The average molecular weight is 309 g/mol. The number of carboxylic acids is 1. The topological polar surface area (TPSA) is 85.3 Å². The van der Waals surface area contributed by atoms with Crippen LogP contribution in [0.1, 0.15) is 23.2 Å². The van der Waals surface area contributed by atoms with Crippen molar-refractivity contribution in [2.45, 2.75) is 18.9 Å². The predicted octanol–water partition coefficient (Wildman–Crippen LogP) is 1.40. The minimum Gasteiger partial charge on any atom is -0.493 e. The van der Waals surface area contributed by atoms with Gasteiger partial charge in [-0.05, 0) is 25.0 Å². The standard InChI is InChI=1S/C15H19NO6/c1-20-11-7-9(8-12(21-2)13(11)22-3)14(17)16-6-4-5-10(16)15(18)19/h7-8,10H,4-6H2,1-3H3,(H,18,19)/t10-/m0/s1. The molecule has 0 aromatic heterocycles. The molecule has 7 heteroatoms. The van der Waals surface area contributed by atoms with Gasteiger partial charge in [-0.3, -0.25) is 4.79 Å². The van der Waals surface area contributed by atoms with Crippen LogP contribution in [0.4, 0.5) is 0 Å². The zero-order valence-corrected chi connectivity index (χ0v) is 12.8. The molecular formula is C15H19NO6. The number of likely N-dealkylation sites (tertiary alicyclic amines) is 1. The Labute approximate surface area is 128 Å². The number of carbonyl (C=O) groups excluding carboxylic acids is 1. The largest absolute Gasteiger partial charge is 0.493 e. The van der Waals surface area contributed by atoms with Crippen LogP contribution in [0.15, 0.2) is 12.1 Å². The van der Waals surface area contributed by atoms with Gasteiger partial charge in [0.15, 0.2) is 11.5 Å². The first-order valence-corrected chi connectivity index (χ1v) is 6.87. The van der Waals surface area contributed by atoms with Crippen LogP contribution in [-0.4, -0.2) is 55.8 Å². The highest BCUT2D eigenvalue weighted by atomic mass is 16.5. The summed E-state index contributed by atoms with van der Waals surface area (Å²) in [5, 5.41) is 9.20. The SMILES string of the molecule is COc1cc(C(=O)N2CCC[C@H]2C(=O)O)cc(OC)c1OC. The maximum absolute atomic E-state index is 12.6. The Hall–Kier alpha value is -2.44. The minimum absolute atomic E-state index is 0.308. The van der Waals surface area contributed by atoms with Crippen molar-refractivity contribution >= 4 is 11.9 Å². The van der Waals surface area contributed by atoms with Crippen molar-refractivity contribution in [3.8, 4) is 17.2 Å². The summed E-state index contributed by atoms with van der Waals surface area (Å²) in [5.41, 5.74) is 0.308. The molecule has 0 aliphatic carbocycles. The molecule has 1 amide bonds. The third-order valence-corrected chi connectivity index (χ3v) is 3.71. The Bertz CT molecular complexity index is 560. The van der Waals surface area contributed by atoms with E-state index in [9.17, 15) is 14.7 Å². The van der Waals surface area contributed by atoms with Crippen LogP contribution in [0.5, 0.6) is 17.2 Å². The van der Waals surface area contributed by atoms with Crippen molar-refractivity contribution in [3.05, 3.63) is 17.7 Å². The second-order valence-corrected chi connectivity index (χ2v) is 4.91. The van der Waals surface area contributed by atoms with Crippen LogP contribution >= 0.6 is 0 Å². The van der Waals surface area contributed by atoms with Crippen molar-refractivity contribution in [1.29, 1.82) is 0 Å². The Kier molecular flexibility index (Phi) is 4.75. The number of aliphatic carboxylic acids is 1. The number of benzene rings is 1. The summed E-state index contributed by atoms with van der Waals surface area (Å²) in [5.74, 6) is -0.243. The lowest BCUT2D eigenvalue weighted by atomic mass is 10.1. The van der Waals surface area contributed by atoms with Crippen LogP contribution in [0.3, 0.4) is 0 Å². The second kappa shape index (κ2) is 6.55. The maximum atomic E-state index is 12.6. The van der Waals surface area contributed by atoms with Crippen LogP contribution in [0, 0.1) is 0 Å². The number of nitrogens with zero attached hydrogens (tertiary/aromatic N) is 1. The molecule has 0 spiro atoms. The average Bonchev–Trinajstić information content (AvgIpc) is 3.02. The van der Waals surface area contributed by atoms with Crippen molar-refractivity contribution < 1.29 is 28.9 Å². The lowest BCUT2D eigenvalue weighted by Crippen LogP contribution is -2.40. The number of ether oxygens (including phenoxy) is 3. The van der Waals surface area contributed by atoms with E-state index in [2.05, 4.69) is 0 Å². The molecule has 1 aromatic carbocycles. The molecule has 0 bridgehead atoms. The molecule has 1 atom stereocenters. The van der Waals surface area contributed by atoms with E-state index in [1.165, 1.54) is 38.4 Å². The summed E-state index contributed by atoms with van der Waals surface area (Å²) >= 11 is 0. The zero-order valence-electron chi connectivity index (χ0n) is 12.8. The highest BCUT2D eigenvalue weighted by molar-refractivity contribution is 5.98. The van der Waals surface area contributed by atoms with Gasteiger partial charge in [0, 0.05) is 12.1 Å². The minimum atomic E-state index is -0.988. The third-order valence-electron chi connectivity index (χ3n) is 3.71. The Balaban J connectivity index is 2.39. The van der Waals surface area contributed by atoms with E-state index in [1.807, 2.05) is 0 Å². The lowest BCUT2D eigenvalue weighted by molar-refractivity contribution is -0.141. The number of rotatable bonds is 5. The summed E-state index contributed by atoms with van der Waals surface area (Å²) in [6.07, 6.45) is 1.14. The van der Waals surface area contributed by atoms with Gasteiger partial charge in [0.1, 0.15) is 6.04 Å². The first kappa shape index (κ1) is 15.9. The van der Waals surface area contributed by atoms with Gasteiger partial charge in [-0.25, -0.2) is 4.79 Å². The molecule has 120 valence electrons. The highest BCUT2D eigenvalue weighted by Crippen LogP contribution is 2.38. The van der Waals surface area contributed by atoms with E-state index in [1.54, 1.807) is 0 Å². The van der Waals surface area contributed by atoms with E-state index < -0.39 is 12.0 Å².